The van der Waals surface area contributed by atoms with Crippen molar-refractivity contribution in [3.05, 3.63) is 119 Å². The number of rotatable bonds is 7. The molecule has 4 aromatic carbocycles. The standard InChI is InChI=1S/C30H21F3N2O3/c31-30(32,33)26-15-13-24(14-16-26)23-9-11-25(12-10-23)28(36)35-27(29(37)38)17-19-1-5-21(6-2-19)22-7-3-20(18-34)4-8-22/h1-16,27H,17H2,(H,35,36)(H,37,38). The Balaban J connectivity index is 1.41. The van der Waals surface area contributed by atoms with Crippen molar-refractivity contribution in [1.82, 2.24) is 5.32 Å². The first-order chi connectivity index (χ1) is 18.1. The van der Waals surface area contributed by atoms with Gasteiger partial charge in [-0.1, -0.05) is 60.7 Å². The Bertz CT molecular complexity index is 1470. The van der Waals surface area contributed by atoms with Gasteiger partial charge in [0.1, 0.15) is 6.04 Å². The van der Waals surface area contributed by atoms with Crippen molar-refractivity contribution in [2.45, 2.75) is 18.6 Å². The predicted octanol–water partition coefficient (Wildman–Crippen LogP) is 6.34. The van der Waals surface area contributed by atoms with E-state index in [4.69, 9.17) is 5.26 Å². The van der Waals surface area contributed by atoms with E-state index in [1.165, 1.54) is 24.3 Å². The number of carboxylic acid groups (broad SMARTS) is 1. The van der Waals surface area contributed by atoms with Crippen molar-refractivity contribution in [2.24, 2.45) is 0 Å². The smallest absolute Gasteiger partial charge is 0.416 e. The Morgan fingerprint density at radius 1 is 0.763 bits per heavy atom. The highest BCUT2D eigenvalue weighted by atomic mass is 19.4. The number of alkyl halides is 3. The molecule has 0 aliphatic rings. The summed E-state index contributed by atoms with van der Waals surface area (Å²) in [6, 6.07) is 26.1. The Morgan fingerprint density at radius 3 is 1.66 bits per heavy atom. The van der Waals surface area contributed by atoms with Crippen LogP contribution in [-0.2, 0) is 17.4 Å². The fourth-order valence-electron chi connectivity index (χ4n) is 3.91. The fraction of sp³-hybridized carbons (Fsp3) is 0.100. The molecule has 0 aliphatic carbocycles. The molecule has 5 nitrogen and oxygen atoms in total. The van der Waals surface area contributed by atoms with E-state index in [1.54, 1.807) is 36.4 Å². The maximum Gasteiger partial charge on any atom is 0.416 e. The summed E-state index contributed by atoms with van der Waals surface area (Å²) in [5.74, 6) is -1.76. The average molecular weight is 515 g/mol. The van der Waals surface area contributed by atoms with Gasteiger partial charge in [0.25, 0.3) is 5.91 Å². The van der Waals surface area contributed by atoms with Crippen LogP contribution in [0, 0.1) is 11.3 Å². The molecule has 1 amide bonds. The lowest BCUT2D eigenvalue weighted by atomic mass is 9.99. The van der Waals surface area contributed by atoms with Gasteiger partial charge in [0.15, 0.2) is 0 Å². The maximum atomic E-state index is 12.8. The van der Waals surface area contributed by atoms with Gasteiger partial charge in [-0.05, 0) is 64.2 Å². The topological polar surface area (TPSA) is 90.2 Å². The van der Waals surface area contributed by atoms with Crippen molar-refractivity contribution in [3.63, 3.8) is 0 Å². The van der Waals surface area contributed by atoms with Gasteiger partial charge in [0.05, 0.1) is 17.2 Å². The molecule has 0 aromatic heterocycles. The van der Waals surface area contributed by atoms with E-state index in [0.29, 0.717) is 22.3 Å². The van der Waals surface area contributed by atoms with Crippen molar-refractivity contribution in [2.75, 3.05) is 0 Å². The van der Waals surface area contributed by atoms with Crippen LogP contribution in [0.2, 0.25) is 0 Å². The molecule has 190 valence electrons. The van der Waals surface area contributed by atoms with E-state index < -0.39 is 29.7 Å². The number of benzene rings is 4. The predicted molar refractivity (Wildman–Crippen MR) is 136 cm³/mol. The molecule has 1 unspecified atom stereocenters. The molecule has 4 rings (SSSR count). The summed E-state index contributed by atoms with van der Waals surface area (Å²) in [5, 5.41) is 21.1. The molecule has 0 saturated carbocycles. The zero-order valence-electron chi connectivity index (χ0n) is 19.9. The first-order valence-electron chi connectivity index (χ1n) is 11.5. The summed E-state index contributed by atoms with van der Waals surface area (Å²) in [7, 11) is 0. The number of carboxylic acids is 1. The van der Waals surface area contributed by atoms with Crippen LogP contribution in [0.25, 0.3) is 22.3 Å². The number of carbonyl (C=O) groups excluding carboxylic acids is 1. The van der Waals surface area contributed by atoms with E-state index in [1.807, 2.05) is 24.3 Å². The van der Waals surface area contributed by atoms with Crippen LogP contribution in [0.5, 0.6) is 0 Å². The number of halogens is 3. The van der Waals surface area contributed by atoms with Crippen LogP contribution in [0.15, 0.2) is 97.1 Å². The third-order valence-electron chi connectivity index (χ3n) is 6.04. The lowest BCUT2D eigenvalue weighted by molar-refractivity contribution is -0.139. The third kappa shape index (κ3) is 6.26. The van der Waals surface area contributed by atoms with E-state index in [-0.39, 0.29) is 12.0 Å². The summed E-state index contributed by atoms with van der Waals surface area (Å²) in [5.41, 5.74) is 3.74. The third-order valence-corrected chi connectivity index (χ3v) is 6.04. The minimum Gasteiger partial charge on any atom is -0.480 e. The zero-order valence-corrected chi connectivity index (χ0v) is 19.9. The molecule has 0 fully saturated rings. The van der Waals surface area contributed by atoms with E-state index >= 15 is 0 Å². The van der Waals surface area contributed by atoms with Crippen molar-refractivity contribution >= 4 is 11.9 Å². The van der Waals surface area contributed by atoms with Crippen molar-refractivity contribution in [3.8, 4) is 28.3 Å². The number of hydrogen-bond donors (Lipinski definition) is 2. The molecule has 4 aromatic rings. The van der Waals surface area contributed by atoms with Gasteiger partial charge in [-0.25, -0.2) is 4.79 Å². The lowest BCUT2D eigenvalue weighted by Gasteiger charge is -2.15. The first-order valence-corrected chi connectivity index (χ1v) is 11.5. The Kier molecular flexibility index (Phi) is 7.58. The molecule has 0 aliphatic heterocycles. The van der Waals surface area contributed by atoms with Crippen molar-refractivity contribution < 1.29 is 27.9 Å². The molecule has 0 radical (unpaired) electrons. The minimum atomic E-state index is -4.42. The van der Waals surface area contributed by atoms with Crippen LogP contribution in [0.1, 0.15) is 27.0 Å². The molecule has 2 N–H and O–H groups in total. The Hall–Kier alpha value is -4.90. The Morgan fingerprint density at radius 2 is 1.21 bits per heavy atom. The largest absolute Gasteiger partial charge is 0.480 e. The zero-order chi connectivity index (χ0) is 27.3. The molecular weight excluding hydrogens is 493 g/mol. The van der Waals surface area contributed by atoms with Gasteiger partial charge in [-0.2, -0.15) is 18.4 Å². The second-order valence-electron chi connectivity index (χ2n) is 8.61. The summed E-state index contributed by atoms with van der Waals surface area (Å²) in [6.45, 7) is 0. The van der Waals surface area contributed by atoms with E-state index in [9.17, 15) is 27.9 Å². The van der Waals surface area contributed by atoms with E-state index in [0.717, 1.165) is 23.3 Å². The van der Waals surface area contributed by atoms with Gasteiger partial charge in [-0.3, -0.25) is 4.79 Å². The van der Waals surface area contributed by atoms with Gasteiger partial charge < -0.3 is 10.4 Å². The first kappa shape index (κ1) is 26.2. The highest BCUT2D eigenvalue weighted by Gasteiger charge is 2.30. The average Bonchev–Trinajstić information content (AvgIpc) is 2.93. The normalized spacial score (nSPS) is 11.8. The number of amides is 1. The molecule has 0 heterocycles. The number of nitriles is 1. The van der Waals surface area contributed by atoms with Crippen molar-refractivity contribution in [1.29, 1.82) is 5.26 Å². The van der Waals surface area contributed by atoms with Crippen LogP contribution in [0.4, 0.5) is 13.2 Å². The van der Waals surface area contributed by atoms with Gasteiger partial charge >= 0.3 is 12.1 Å². The summed E-state index contributed by atoms with van der Waals surface area (Å²) < 4.78 is 38.3. The number of nitrogens with zero attached hydrogens (tertiary/aromatic N) is 1. The monoisotopic (exact) mass is 514 g/mol. The molecule has 0 saturated heterocycles. The van der Waals surface area contributed by atoms with Crippen LogP contribution >= 0.6 is 0 Å². The summed E-state index contributed by atoms with van der Waals surface area (Å²) >= 11 is 0. The number of aliphatic carboxylic acids is 1. The number of carbonyl (C=O) groups is 2. The van der Waals surface area contributed by atoms with Crippen LogP contribution in [-0.4, -0.2) is 23.0 Å². The second-order valence-corrected chi connectivity index (χ2v) is 8.61. The van der Waals surface area contributed by atoms with Crippen LogP contribution < -0.4 is 5.32 Å². The molecule has 1 atom stereocenters. The SMILES string of the molecule is N#Cc1ccc(-c2ccc(CC(NC(=O)c3ccc(-c4ccc(C(F)(F)F)cc4)cc3)C(=O)O)cc2)cc1. The highest BCUT2D eigenvalue weighted by molar-refractivity contribution is 5.97. The Labute approximate surface area is 216 Å². The fourth-order valence-corrected chi connectivity index (χ4v) is 3.91. The van der Waals surface area contributed by atoms with Gasteiger partial charge in [0.2, 0.25) is 0 Å². The lowest BCUT2D eigenvalue weighted by Crippen LogP contribution is -2.42. The molecule has 0 bridgehead atoms. The molecular formula is C30H21F3N2O3. The van der Waals surface area contributed by atoms with Gasteiger partial charge in [0, 0.05) is 12.0 Å². The molecule has 8 heteroatoms. The second kappa shape index (κ2) is 11.0. The summed E-state index contributed by atoms with van der Waals surface area (Å²) in [6.07, 6.45) is -4.35. The quantitative estimate of drug-likeness (QED) is 0.301. The van der Waals surface area contributed by atoms with Gasteiger partial charge in [-0.15, -0.1) is 0 Å². The number of nitrogens with one attached hydrogen (secondary N) is 1. The highest BCUT2D eigenvalue weighted by Crippen LogP contribution is 2.31. The minimum absolute atomic E-state index is 0.0678. The number of hydrogen-bond acceptors (Lipinski definition) is 3. The van der Waals surface area contributed by atoms with E-state index in [2.05, 4.69) is 11.4 Å². The summed E-state index contributed by atoms with van der Waals surface area (Å²) in [4.78, 5) is 24.6. The molecule has 0 spiro atoms. The molecule has 38 heavy (non-hydrogen) atoms. The maximum absolute atomic E-state index is 12.8. The van der Waals surface area contributed by atoms with Crippen LogP contribution in [0.3, 0.4) is 0 Å².